The Morgan fingerprint density at radius 3 is 3.06 bits per heavy atom. The highest BCUT2D eigenvalue weighted by Crippen LogP contribution is 2.32. The predicted octanol–water partition coefficient (Wildman–Crippen LogP) is 2.86. The lowest BCUT2D eigenvalue weighted by Gasteiger charge is -2.23. The van der Waals surface area contributed by atoms with Gasteiger partial charge in [-0.2, -0.15) is 0 Å². The van der Waals surface area contributed by atoms with Crippen LogP contribution in [0.2, 0.25) is 0 Å². The largest absolute Gasteiger partial charge is 0.491 e. The summed E-state index contributed by atoms with van der Waals surface area (Å²) < 4.78 is 10.9. The summed E-state index contributed by atoms with van der Waals surface area (Å²) in [5.74, 6) is 0.846. The number of hydrogen-bond acceptors (Lipinski definition) is 3. The number of benzene rings is 1. The van der Waals surface area contributed by atoms with Crippen molar-refractivity contribution >= 4 is 0 Å². The second-order valence-corrected chi connectivity index (χ2v) is 4.98. The average Bonchev–Trinajstić information content (AvgIpc) is 2.37. The van der Waals surface area contributed by atoms with Gasteiger partial charge in [0, 0.05) is 20.1 Å². The highest BCUT2D eigenvalue weighted by molar-refractivity contribution is 5.38. The van der Waals surface area contributed by atoms with Gasteiger partial charge in [-0.25, -0.2) is 0 Å². The van der Waals surface area contributed by atoms with Crippen LogP contribution in [0.5, 0.6) is 5.75 Å². The van der Waals surface area contributed by atoms with Gasteiger partial charge in [0.05, 0.1) is 12.2 Å². The first kappa shape index (κ1) is 13.4. The van der Waals surface area contributed by atoms with Gasteiger partial charge in [-0.3, -0.25) is 0 Å². The number of rotatable bonds is 5. The number of ether oxygens (including phenoxy) is 2. The molecule has 3 nitrogen and oxygen atoms in total. The zero-order chi connectivity index (χ0) is 13.0. The number of hydrogen-bond donors (Lipinski definition) is 1. The summed E-state index contributed by atoms with van der Waals surface area (Å²) in [5, 5.41) is 9.99. The molecule has 0 amide bonds. The van der Waals surface area contributed by atoms with Crippen LogP contribution >= 0.6 is 0 Å². The van der Waals surface area contributed by atoms with E-state index in [0.717, 1.165) is 37.0 Å². The smallest absolute Gasteiger partial charge is 0.120 e. The third-order valence-corrected chi connectivity index (χ3v) is 3.47. The molecule has 1 aromatic rings. The molecule has 0 heterocycles. The van der Waals surface area contributed by atoms with E-state index in [9.17, 15) is 5.11 Å². The molecule has 0 saturated heterocycles. The molecule has 0 spiro atoms. The molecule has 3 heteroatoms. The van der Waals surface area contributed by atoms with Crippen molar-refractivity contribution in [2.24, 2.45) is 0 Å². The Hall–Kier alpha value is -1.06. The van der Waals surface area contributed by atoms with Gasteiger partial charge in [-0.15, -0.1) is 0 Å². The first-order chi connectivity index (χ1) is 8.70. The van der Waals surface area contributed by atoms with Crippen LogP contribution in [0, 0.1) is 0 Å². The molecule has 0 fully saturated rings. The second-order valence-electron chi connectivity index (χ2n) is 4.98. The zero-order valence-electron chi connectivity index (χ0n) is 11.2. The minimum Gasteiger partial charge on any atom is -0.491 e. The van der Waals surface area contributed by atoms with Gasteiger partial charge in [0.25, 0.3) is 0 Å². The van der Waals surface area contributed by atoms with Gasteiger partial charge in [0.15, 0.2) is 0 Å². The molecule has 1 aliphatic carbocycles. The lowest BCUT2D eigenvalue weighted by Crippen LogP contribution is -2.15. The molecular weight excluding hydrogens is 228 g/mol. The minimum absolute atomic E-state index is 0.128. The molecule has 2 unspecified atom stereocenters. The van der Waals surface area contributed by atoms with Crippen molar-refractivity contribution in [3.63, 3.8) is 0 Å². The monoisotopic (exact) mass is 250 g/mol. The van der Waals surface area contributed by atoms with Gasteiger partial charge in [0.1, 0.15) is 5.75 Å². The van der Waals surface area contributed by atoms with E-state index in [-0.39, 0.29) is 12.2 Å². The van der Waals surface area contributed by atoms with Crippen molar-refractivity contribution in [3.05, 3.63) is 29.3 Å². The number of methoxy groups -OCH3 is 1. The standard InChI is InChI=1S/C15H22O3/c1-11(8-9-17-2)18-13-7-6-12-4-3-5-15(16)14(12)10-13/h6-7,10-11,15-16H,3-5,8-9H2,1-2H3. The Morgan fingerprint density at radius 1 is 1.44 bits per heavy atom. The van der Waals surface area contributed by atoms with E-state index < -0.39 is 0 Å². The summed E-state index contributed by atoms with van der Waals surface area (Å²) >= 11 is 0. The SMILES string of the molecule is COCCC(C)Oc1ccc2c(c1)C(O)CCC2. The molecular formula is C15H22O3. The van der Waals surface area contributed by atoms with Gasteiger partial charge in [0.2, 0.25) is 0 Å². The van der Waals surface area contributed by atoms with E-state index in [2.05, 4.69) is 6.07 Å². The van der Waals surface area contributed by atoms with Crippen molar-refractivity contribution in [1.29, 1.82) is 0 Å². The van der Waals surface area contributed by atoms with Crippen LogP contribution in [-0.4, -0.2) is 24.9 Å². The number of aryl methyl sites for hydroxylation is 1. The normalized spacial score (nSPS) is 20.3. The fourth-order valence-electron chi connectivity index (χ4n) is 2.40. The quantitative estimate of drug-likeness (QED) is 0.873. The van der Waals surface area contributed by atoms with Gasteiger partial charge in [-0.1, -0.05) is 6.07 Å². The fourth-order valence-corrected chi connectivity index (χ4v) is 2.40. The van der Waals surface area contributed by atoms with Crippen LogP contribution in [0.25, 0.3) is 0 Å². The highest BCUT2D eigenvalue weighted by Gasteiger charge is 2.18. The number of aliphatic hydroxyl groups is 1. The molecule has 2 rings (SSSR count). The van der Waals surface area contributed by atoms with E-state index in [4.69, 9.17) is 9.47 Å². The molecule has 18 heavy (non-hydrogen) atoms. The number of aliphatic hydroxyl groups excluding tert-OH is 1. The van der Waals surface area contributed by atoms with E-state index in [1.807, 2.05) is 19.1 Å². The second kappa shape index (κ2) is 6.21. The van der Waals surface area contributed by atoms with Crippen LogP contribution in [-0.2, 0) is 11.2 Å². The van der Waals surface area contributed by atoms with Crippen molar-refractivity contribution in [2.45, 2.75) is 44.8 Å². The van der Waals surface area contributed by atoms with Crippen molar-refractivity contribution in [2.75, 3.05) is 13.7 Å². The third-order valence-electron chi connectivity index (χ3n) is 3.47. The summed E-state index contributed by atoms with van der Waals surface area (Å²) in [7, 11) is 1.70. The topological polar surface area (TPSA) is 38.7 Å². The molecule has 0 radical (unpaired) electrons. The lowest BCUT2D eigenvalue weighted by molar-refractivity contribution is 0.133. The first-order valence-corrected chi connectivity index (χ1v) is 6.67. The van der Waals surface area contributed by atoms with Crippen LogP contribution < -0.4 is 4.74 Å². The van der Waals surface area contributed by atoms with Gasteiger partial charge < -0.3 is 14.6 Å². The summed E-state index contributed by atoms with van der Waals surface area (Å²) in [6, 6.07) is 6.07. The fraction of sp³-hybridized carbons (Fsp3) is 0.600. The Morgan fingerprint density at radius 2 is 2.28 bits per heavy atom. The lowest BCUT2D eigenvalue weighted by atomic mass is 9.89. The molecule has 0 bridgehead atoms. The molecule has 2 atom stereocenters. The summed E-state index contributed by atoms with van der Waals surface area (Å²) in [6.45, 7) is 2.74. The zero-order valence-corrected chi connectivity index (χ0v) is 11.2. The molecule has 0 saturated carbocycles. The Bertz CT molecular complexity index is 389. The van der Waals surface area contributed by atoms with E-state index in [1.54, 1.807) is 7.11 Å². The maximum atomic E-state index is 9.99. The molecule has 0 aromatic heterocycles. The first-order valence-electron chi connectivity index (χ1n) is 6.67. The Labute approximate surface area is 109 Å². The summed E-state index contributed by atoms with van der Waals surface area (Å²) in [5.41, 5.74) is 2.29. The van der Waals surface area contributed by atoms with Crippen LogP contribution in [0.1, 0.15) is 43.4 Å². The third kappa shape index (κ3) is 3.24. The van der Waals surface area contributed by atoms with E-state index in [0.29, 0.717) is 6.61 Å². The molecule has 100 valence electrons. The van der Waals surface area contributed by atoms with Crippen molar-refractivity contribution < 1.29 is 14.6 Å². The molecule has 1 aromatic carbocycles. The van der Waals surface area contributed by atoms with Crippen LogP contribution in [0.4, 0.5) is 0 Å². The predicted molar refractivity (Wildman–Crippen MR) is 70.9 cm³/mol. The van der Waals surface area contributed by atoms with Crippen molar-refractivity contribution in [3.8, 4) is 5.75 Å². The van der Waals surface area contributed by atoms with Gasteiger partial charge >= 0.3 is 0 Å². The summed E-state index contributed by atoms with van der Waals surface area (Å²) in [6.07, 6.45) is 3.66. The number of fused-ring (bicyclic) bond motifs is 1. The van der Waals surface area contributed by atoms with Crippen molar-refractivity contribution in [1.82, 2.24) is 0 Å². The van der Waals surface area contributed by atoms with E-state index >= 15 is 0 Å². The van der Waals surface area contributed by atoms with Crippen LogP contribution in [0.15, 0.2) is 18.2 Å². The molecule has 0 aliphatic heterocycles. The van der Waals surface area contributed by atoms with Crippen LogP contribution in [0.3, 0.4) is 0 Å². The minimum atomic E-state index is -0.327. The maximum absolute atomic E-state index is 9.99. The highest BCUT2D eigenvalue weighted by atomic mass is 16.5. The molecule has 1 aliphatic rings. The maximum Gasteiger partial charge on any atom is 0.120 e. The molecule has 1 N–H and O–H groups in total. The average molecular weight is 250 g/mol. The van der Waals surface area contributed by atoms with E-state index in [1.165, 1.54) is 5.56 Å². The van der Waals surface area contributed by atoms with Gasteiger partial charge in [-0.05, 0) is 49.4 Å². The summed E-state index contributed by atoms with van der Waals surface area (Å²) in [4.78, 5) is 0. The Kier molecular flexibility index (Phi) is 4.61. The Balaban J connectivity index is 2.04.